The molecule has 7 nitrogen and oxygen atoms in total. The fraction of sp³-hybridized carbons (Fsp3) is 0.192. The molecule has 2 heterocycles. The number of benzene rings is 3. The number of aryl methyl sites for hydroxylation is 1. The molecule has 0 fully saturated rings. The van der Waals surface area contributed by atoms with Crippen LogP contribution in [0.15, 0.2) is 71.5 Å². The van der Waals surface area contributed by atoms with Gasteiger partial charge in [-0.25, -0.2) is 0 Å². The molecule has 2 amide bonds. The molecule has 7 heteroatoms. The average Bonchev–Trinajstić information content (AvgIpc) is 2.84. The fourth-order valence-electron chi connectivity index (χ4n) is 4.26. The number of aromatic nitrogens is 1. The van der Waals surface area contributed by atoms with Gasteiger partial charge in [-0.15, -0.1) is 0 Å². The number of carbonyl (C=O) groups is 2. The Morgan fingerprint density at radius 1 is 0.939 bits per heavy atom. The van der Waals surface area contributed by atoms with Crippen LogP contribution < -0.4 is 20.8 Å². The number of para-hydroxylation sites is 2. The van der Waals surface area contributed by atoms with Crippen LogP contribution in [0.1, 0.15) is 12.0 Å². The summed E-state index contributed by atoms with van der Waals surface area (Å²) in [6.45, 7) is 0.769. The van der Waals surface area contributed by atoms with E-state index >= 15 is 0 Å². The number of nitrogens with zero attached hydrogens (tertiary/aromatic N) is 1. The number of amides is 2. The van der Waals surface area contributed by atoms with E-state index in [1.54, 1.807) is 12.1 Å². The summed E-state index contributed by atoms with van der Waals surface area (Å²) in [5.74, 6) is 0.574. The molecule has 1 aromatic heterocycles. The lowest BCUT2D eigenvalue weighted by Crippen LogP contribution is -2.31. The largest absolute Gasteiger partial charge is 0.492 e. The van der Waals surface area contributed by atoms with Gasteiger partial charge < -0.3 is 19.9 Å². The fourth-order valence-corrected chi connectivity index (χ4v) is 4.26. The molecule has 33 heavy (non-hydrogen) atoms. The number of carbonyl (C=O) groups excluding carboxylic acids is 2. The average molecular weight is 441 g/mol. The summed E-state index contributed by atoms with van der Waals surface area (Å²) in [4.78, 5) is 37.0. The first-order chi connectivity index (χ1) is 16.1. The Kier molecular flexibility index (Phi) is 5.52. The minimum absolute atomic E-state index is 0.0298. The molecule has 0 aliphatic carbocycles. The highest BCUT2D eigenvalue weighted by atomic mass is 16.5. The predicted molar refractivity (Wildman–Crippen MR) is 128 cm³/mol. The quantitative estimate of drug-likeness (QED) is 0.355. The van der Waals surface area contributed by atoms with Crippen LogP contribution >= 0.6 is 0 Å². The van der Waals surface area contributed by atoms with Crippen LogP contribution in [0.3, 0.4) is 0 Å². The van der Waals surface area contributed by atoms with Crippen LogP contribution in [0.5, 0.6) is 5.75 Å². The molecule has 166 valence electrons. The van der Waals surface area contributed by atoms with Gasteiger partial charge in [-0.3, -0.25) is 14.4 Å². The normalized spacial score (nSPS) is 12.9. The predicted octanol–water partition coefficient (Wildman–Crippen LogP) is 3.23. The van der Waals surface area contributed by atoms with E-state index in [1.165, 1.54) is 0 Å². The summed E-state index contributed by atoms with van der Waals surface area (Å²) in [6, 6.07) is 20.3. The molecule has 0 atom stereocenters. The van der Waals surface area contributed by atoms with Gasteiger partial charge in [0.05, 0.1) is 17.6 Å². The third-order valence-corrected chi connectivity index (χ3v) is 5.85. The highest BCUT2D eigenvalue weighted by Crippen LogP contribution is 2.26. The second-order valence-corrected chi connectivity index (χ2v) is 8.02. The van der Waals surface area contributed by atoms with Gasteiger partial charge in [0, 0.05) is 22.9 Å². The third-order valence-electron chi connectivity index (χ3n) is 5.85. The lowest BCUT2D eigenvalue weighted by atomic mass is 10.0. The van der Waals surface area contributed by atoms with Crippen LogP contribution in [0.2, 0.25) is 0 Å². The van der Waals surface area contributed by atoms with Gasteiger partial charge in [0.1, 0.15) is 18.9 Å². The third kappa shape index (κ3) is 4.17. The Balaban J connectivity index is 1.25. The zero-order valence-corrected chi connectivity index (χ0v) is 18.0. The number of fused-ring (bicyclic) bond motifs is 3. The van der Waals surface area contributed by atoms with Crippen molar-refractivity contribution in [3.8, 4) is 5.75 Å². The Labute approximate surface area is 190 Å². The van der Waals surface area contributed by atoms with E-state index in [0.717, 1.165) is 22.3 Å². The summed E-state index contributed by atoms with van der Waals surface area (Å²) in [5, 5.41) is 6.93. The Hall–Kier alpha value is -4.13. The standard InChI is InChI=1S/C26H23N3O4/c30-24-12-9-17-15-18(10-11-21(17)28-24)33-14-13-27-25(31)16-29-22-7-3-1-5-19(22)26(32)20-6-2-4-8-23(20)29/h1-8,10-11,15H,9,12-14,16H2,(H,27,31)(H,28,30). The van der Waals surface area contributed by atoms with Crippen molar-refractivity contribution in [3.63, 3.8) is 0 Å². The minimum atomic E-state index is -0.161. The zero-order chi connectivity index (χ0) is 22.8. The zero-order valence-electron chi connectivity index (χ0n) is 18.0. The maximum atomic E-state index is 12.8. The van der Waals surface area contributed by atoms with E-state index in [2.05, 4.69) is 10.6 Å². The maximum Gasteiger partial charge on any atom is 0.240 e. The Morgan fingerprint density at radius 2 is 1.64 bits per heavy atom. The molecule has 0 saturated heterocycles. The first-order valence-electron chi connectivity index (χ1n) is 10.9. The second-order valence-electron chi connectivity index (χ2n) is 8.02. The van der Waals surface area contributed by atoms with E-state index < -0.39 is 0 Å². The van der Waals surface area contributed by atoms with Crippen LogP contribution in [0.25, 0.3) is 21.8 Å². The van der Waals surface area contributed by atoms with Gasteiger partial charge in [0.15, 0.2) is 5.43 Å². The molecular weight excluding hydrogens is 418 g/mol. The van der Waals surface area contributed by atoms with E-state index in [-0.39, 0.29) is 23.8 Å². The summed E-state index contributed by atoms with van der Waals surface area (Å²) in [6.07, 6.45) is 1.16. The molecule has 4 aromatic rings. The first-order valence-corrected chi connectivity index (χ1v) is 10.9. The molecule has 0 bridgehead atoms. The van der Waals surface area contributed by atoms with Crippen LogP contribution in [0, 0.1) is 0 Å². The monoisotopic (exact) mass is 441 g/mol. The van der Waals surface area contributed by atoms with Crippen molar-refractivity contribution in [1.82, 2.24) is 9.88 Å². The molecule has 0 spiro atoms. The molecular formula is C26H23N3O4. The van der Waals surface area contributed by atoms with Gasteiger partial charge >= 0.3 is 0 Å². The smallest absolute Gasteiger partial charge is 0.240 e. The SMILES string of the molecule is O=C(Cn1c2ccccc2c(=O)c2ccccc21)NCCOc1ccc2c(c1)CCC(=O)N2. The molecule has 1 aliphatic heterocycles. The lowest BCUT2D eigenvalue weighted by molar-refractivity contribution is -0.121. The van der Waals surface area contributed by atoms with Crippen molar-refractivity contribution in [2.45, 2.75) is 19.4 Å². The summed E-state index contributed by atoms with van der Waals surface area (Å²) < 4.78 is 7.66. The van der Waals surface area contributed by atoms with Gasteiger partial charge in [-0.05, 0) is 54.4 Å². The Morgan fingerprint density at radius 3 is 2.36 bits per heavy atom. The van der Waals surface area contributed by atoms with Crippen LogP contribution in [-0.4, -0.2) is 29.5 Å². The molecule has 1 aliphatic rings. The van der Waals surface area contributed by atoms with Crippen LogP contribution in [-0.2, 0) is 22.6 Å². The van der Waals surface area contributed by atoms with Crippen molar-refractivity contribution in [3.05, 3.63) is 82.5 Å². The van der Waals surface area contributed by atoms with Crippen molar-refractivity contribution in [2.75, 3.05) is 18.5 Å². The molecule has 2 N–H and O–H groups in total. The summed E-state index contributed by atoms with van der Waals surface area (Å²) >= 11 is 0. The lowest BCUT2D eigenvalue weighted by Gasteiger charge is -2.18. The highest BCUT2D eigenvalue weighted by Gasteiger charge is 2.15. The molecule has 0 unspecified atom stereocenters. The van der Waals surface area contributed by atoms with Crippen molar-refractivity contribution >= 4 is 39.3 Å². The van der Waals surface area contributed by atoms with Crippen LogP contribution in [0.4, 0.5) is 5.69 Å². The number of rotatable bonds is 6. The number of nitrogens with one attached hydrogen (secondary N) is 2. The highest BCUT2D eigenvalue weighted by molar-refractivity contribution is 5.95. The van der Waals surface area contributed by atoms with Gasteiger partial charge in [0.2, 0.25) is 11.8 Å². The second kappa shape index (κ2) is 8.78. The Bertz CT molecular complexity index is 1380. The van der Waals surface area contributed by atoms with E-state index in [0.29, 0.717) is 42.5 Å². The number of ether oxygens (including phenoxy) is 1. The van der Waals surface area contributed by atoms with Crippen molar-refractivity contribution in [1.29, 1.82) is 0 Å². The number of hydrogen-bond donors (Lipinski definition) is 2. The summed E-state index contributed by atoms with van der Waals surface area (Å²) in [5.41, 5.74) is 3.30. The number of pyridine rings is 1. The molecule has 0 radical (unpaired) electrons. The molecule has 0 saturated carbocycles. The summed E-state index contributed by atoms with van der Waals surface area (Å²) in [7, 11) is 0. The van der Waals surface area contributed by atoms with Gasteiger partial charge in [0.25, 0.3) is 0 Å². The van der Waals surface area contributed by atoms with E-state index in [1.807, 2.05) is 59.2 Å². The van der Waals surface area contributed by atoms with E-state index in [9.17, 15) is 14.4 Å². The topological polar surface area (TPSA) is 89.4 Å². The first kappa shape index (κ1) is 20.8. The number of anilines is 1. The van der Waals surface area contributed by atoms with Gasteiger partial charge in [-0.1, -0.05) is 24.3 Å². The van der Waals surface area contributed by atoms with Crippen molar-refractivity contribution in [2.24, 2.45) is 0 Å². The van der Waals surface area contributed by atoms with Gasteiger partial charge in [-0.2, -0.15) is 0 Å². The number of hydrogen-bond acceptors (Lipinski definition) is 4. The van der Waals surface area contributed by atoms with E-state index in [4.69, 9.17) is 4.74 Å². The molecule has 3 aromatic carbocycles. The maximum absolute atomic E-state index is 12.8. The molecule has 5 rings (SSSR count). The minimum Gasteiger partial charge on any atom is -0.492 e. The van der Waals surface area contributed by atoms with Crippen molar-refractivity contribution < 1.29 is 14.3 Å².